The summed E-state index contributed by atoms with van der Waals surface area (Å²) in [4.78, 5) is 0. The summed E-state index contributed by atoms with van der Waals surface area (Å²) in [5.74, 6) is 0.0281. The second-order valence-corrected chi connectivity index (χ2v) is 6.72. The van der Waals surface area contributed by atoms with Crippen molar-refractivity contribution in [3.63, 3.8) is 0 Å². The Kier molecular flexibility index (Phi) is 3.68. The summed E-state index contributed by atoms with van der Waals surface area (Å²) >= 11 is 0. The number of para-hydroxylation sites is 1. The van der Waals surface area contributed by atoms with Crippen LogP contribution in [0, 0.1) is 0 Å². The Labute approximate surface area is 117 Å². The van der Waals surface area contributed by atoms with E-state index in [-0.39, 0.29) is 5.75 Å². The van der Waals surface area contributed by atoms with Crippen LogP contribution in [0.1, 0.15) is 0 Å². The second kappa shape index (κ2) is 5.47. The lowest BCUT2D eigenvalue weighted by atomic mass is 10.3. The third-order valence-electron chi connectivity index (χ3n) is 3.34. The van der Waals surface area contributed by atoms with Gasteiger partial charge in [0.25, 0.3) is 0 Å². The van der Waals surface area contributed by atoms with Gasteiger partial charge in [-0.25, -0.2) is 13.1 Å². The normalized spacial score (nSPS) is 17.6. The van der Waals surface area contributed by atoms with Crippen molar-refractivity contribution in [2.24, 2.45) is 0 Å². The fraction of sp³-hybridized carbons (Fsp3) is 0.500. The molecule has 0 radical (unpaired) electrons. The van der Waals surface area contributed by atoms with Crippen molar-refractivity contribution >= 4 is 21.1 Å². The molecule has 1 aromatic carbocycles. The molecule has 0 bridgehead atoms. The molecule has 2 heterocycles. The van der Waals surface area contributed by atoms with Crippen LogP contribution in [0.15, 0.2) is 24.3 Å². The fourth-order valence-electron chi connectivity index (χ4n) is 2.24. The molecule has 108 valence electrons. The van der Waals surface area contributed by atoms with Gasteiger partial charge >= 0.3 is 0 Å². The number of morpholine rings is 1. The Balaban J connectivity index is 1.72. The number of hydrogen-bond donors (Lipinski definition) is 0. The number of rotatable bonds is 4. The van der Waals surface area contributed by atoms with E-state index in [2.05, 4.69) is 10.3 Å². The van der Waals surface area contributed by atoms with Crippen LogP contribution in [0.3, 0.4) is 0 Å². The van der Waals surface area contributed by atoms with E-state index in [1.54, 1.807) is 4.68 Å². The predicted octanol–water partition coefficient (Wildman–Crippen LogP) is 0.0933. The van der Waals surface area contributed by atoms with Crippen molar-refractivity contribution in [2.45, 2.75) is 6.54 Å². The second-order valence-electron chi connectivity index (χ2n) is 4.63. The van der Waals surface area contributed by atoms with Crippen molar-refractivity contribution < 1.29 is 13.2 Å². The lowest BCUT2D eigenvalue weighted by Gasteiger charge is -2.25. The van der Waals surface area contributed by atoms with E-state index in [4.69, 9.17) is 4.74 Å². The van der Waals surface area contributed by atoms with Gasteiger partial charge in [-0.1, -0.05) is 17.3 Å². The van der Waals surface area contributed by atoms with Gasteiger partial charge in [0.2, 0.25) is 10.0 Å². The Morgan fingerprint density at radius 1 is 1.20 bits per heavy atom. The number of ether oxygens (including phenoxy) is 1. The maximum Gasteiger partial charge on any atom is 0.216 e. The number of aryl methyl sites for hydroxylation is 1. The van der Waals surface area contributed by atoms with Crippen LogP contribution in [0.25, 0.3) is 11.0 Å². The minimum atomic E-state index is -3.26. The fourth-order valence-corrected chi connectivity index (χ4v) is 3.61. The quantitative estimate of drug-likeness (QED) is 0.799. The highest BCUT2D eigenvalue weighted by molar-refractivity contribution is 7.89. The van der Waals surface area contributed by atoms with E-state index in [9.17, 15) is 8.42 Å². The summed E-state index contributed by atoms with van der Waals surface area (Å²) in [6, 6.07) is 7.51. The third-order valence-corrected chi connectivity index (χ3v) is 5.20. The van der Waals surface area contributed by atoms with Gasteiger partial charge in [0.15, 0.2) is 0 Å². The summed E-state index contributed by atoms with van der Waals surface area (Å²) in [5, 5.41) is 8.02. The molecule has 0 aliphatic carbocycles. The highest BCUT2D eigenvalue weighted by atomic mass is 32.2. The van der Waals surface area contributed by atoms with Gasteiger partial charge in [-0.05, 0) is 12.1 Å². The number of nitrogens with zero attached hydrogens (tertiary/aromatic N) is 4. The number of hydrogen-bond acceptors (Lipinski definition) is 5. The molecule has 0 saturated carbocycles. The molecule has 0 spiro atoms. The lowest BCUT2D eigenvalue weighted by Crippen LogP contribution is -2.42. The molecule has 1 aliphatic rings. The monoisotopic (exact) mass is 296 g/mol. The van der Waals surface area contributed by atoms with E-state index in [0.29, 0.717) is 32.8 Å². The van der Waals surface area contributed by atoms with Gasteiger partial charge in [0.1, 0.15) is 5.52 Å². The summed E-state index contributed by atoms with van der Waals surface area (Å²) in [7, 11) is -3.26. The molecule has 20 heavy (non-hydrogen) atoms. The van der Waals surface area contributed by atoms with Gasteiger partial charge in [-0.3, -0.25) is 0 Å². The molecule has 1 aromatic heterocycles. The van der Waals surface area contributed by atoms with Crippen LogP contribution in [0.4, 0.5) is 0 Å². The molecule has 7 nitrogen and oxygen atoms in total. The molecule has 0 amide bonds. The van der Waals surface area contributed by atoms with Crippen molar-refractivity contribution in [2.75, 3.05) is 32.1 Å². The Hall–Kier alpha value is -1.51. The number of benzene rings is 1. The summed E-state index contributed by atoms with van der Waals surface area (Å²) in [5.41, 5.74) is 1.63. The first kappa shape index (κ1) is 13.5. The average Bonchev–Trinajstić information content (AvgIpc) is 2.89. The van der Waals surface area contributed by atoms with Crippen LogP contribution < -0.4 is 0 Å². The Bertz CT molecular complexity index is 692. The average molecular weight is 296 g/mol. The van der Waals surface area contributed by atoms with Crippen molar-refractivity contribution in [1.82, 2.24) is 19.3 Å². The minimum Gasteiger partial charge on any atom is -0.379 e. The number of fused-ring (bicyclic) bond motifs is 1. The third kappa shape index (κ3) is 2.67. The molecule has 0 N–H and O–H groups in total. The van der Waals surface area contributed by atoms with Gasteiger partial charge < -0.3 is 4.74 Å². The number of aromatic nitrogens is 3. The van der Waals surface area contributed by atoms with Crippen LogP contribution in [-0.2, 0) is 21.3 Å². The minimum absolute atomic E-state index is 0.0281. The number of sulfonamides is 1. The van der Waals surface area contributed by atoms with Crippen LogP contribution in [0.5, 0.6) is 0 Å². The van der Waals surface area contributed by atoms with Crippen LogP contribution in [-0.4, -0.2) is 59.8 Å². The Morgan fingerprint density at radius 2 is 1.95 bits per heavy atom. The van der Waals surface area contributed by atoms with Crippen molar-refractivity contribution in [1.29, 1.82) is 0 Å². The standard InChI is InChI=1S/C12H16N4O3S/c17-20(18,15-5-8-19-9-6-15)10-7-16-12-4-2-1-3-11(12)13-14-16/h1-4H,5-10H2. The zero-order chi connectivity index (χ0) is 14.0. The van der Waals surface area contributed by atoms with Crippen molar-refractivity contribution in [3.8, 4) is 0 Å². The van der Waals surface area contributed by atoms with Crippen LogP contribution in [0.2, 0.25) is 0 Å². The lowest BCUT2D eigenvalue weighted by molar-refractivity contribution is 0.0730. The van der Waals surface area contributed by atoms with Crippen molar-refractivity contribution in [3.05, 3.63) is 24.3 Å². The zero-order valence-corrected chi connectivity index (χ0v) is 11.8. The molecule has 1 aliphatic heterocycles. The molecule has 3 rings (SSSR count). The smallest absolute Gasteiger partial charge is 0.216 e. The predicted molar refractivity (Wildman–Crippen MR) is 73.7 cm³/mol. The van der Waals surface area contributed by atoms with Gasteiger partial charge in [0, 0.05) is 13.1 Å². The van der Waals surface area contributed by atoms with Crippen LogP contribution >= 0.6 is 0 Å². The van der Waals surface area contributed by atoms with E-state index in [1.807, 2.05) is 24.3 Å². The van der Waals surface area contributed by atoms with E-state index in [1.165, 1.54) is 4.31 Å². The maximum atomic E-state index is 12.2. The molecule has 0 atom stereocenters. The largest absolute Gasteiger partial charge is 0.379 e. The summed E-state index contributed by atoms with van der Waals surface area (Å²) in [6.07, 6.45) is 0. The topological polar surface area (TPSA) is 77.3 Å². The van der Waals surface area contributed by atoms with Gasteiger partial charge in [-0.2, -0.15) is 4.31 Å². The SMILES string of the molecule is O=S(=O)(CCn1nnc2ccccc21)N1CCOCC1. The highest BCUT2D eigenvalue weighted by Crippen LogP contribution is 2.11. The summed E-state index contributed by atoms with van der Waals surface area (Å²) in [6.45, 7) is 2.10. The van der Waals surface area contributed by atoms with E-state index in [0.717, 1.165) is 11.0 Å². The molecule has 2 aromatic rings. The first-order valence-electron chi connectivity index (χ1n) is 6.51. The molecule has 1 saturated heterocycles. The first-order chi connectivity index (χ1) is 9.67. The first-order valence-corrected chi connectivity index (χ1v) is 8.11. The molecular formula is C12H16N4O3S. The Morgan fingerprint density at radius 3 is 2.75 bits per heavy atom. The molecular weight excluding hydrogens is 280 g/mol. The molecule has 0 unspecified atom stereocenters. The van der Waals surface area contributed by atoms with E-state index < -0.39 is 10.0 Å². The molecule has 1 fully saturated rings. The maximum absolute atomic E-state index is 12.2. The summed E-state index contributed by atoms with van der Waals surface area (Å²) < 4.78 is 32.7. The van der Waals surface area contributed by atoms with Gasteiger partial charge in [0.05, 0.1) is 31.0 Å². The van der Waals surface area contributed by atoms with E-state index >= 15 is 0 Å². The zero-order valence-electron chi connectivity index (χ0n) is 11.0. The highest BCUT2D eigenvalue weighted by Gasteiger charge is 2.24. The molecule has 8 heteroatoms. The van der Waals surface area contributed by atoms with Gasteiger partial charge in [-0.15, -0.1) is 5.10 Å².